The van der Waals surface area contributed by atoms with Crippen LogP contribution in [0.25, 0.3) is 0 Å². The van der Waals surface area contributed by atoms with Gasteiger partial charge in [0.2, 0.25) is 0 Å². The molecule has 0 spiro atoms. The predicted octanol–water partition coefficient (Wildman–Crippen LogP) is 2.42. The maximum atomic E-state index is 12.9. The van der Waals surface area contributed by atoms with E-state index in [2.05, 4.69) is 5.32 Å². The van der Waals surface area contributed by atoms with E-state index in [-0.39, 0.29) is 24.6 Å². The number of nitrogens with zero attached hydrogens (tertiary/aromatic N) is 2. The van der Waals surface area contributed by atoms with Crippen molar-refractivity contribution in [2.75, 3.05) is 13.1 Å². The van der Waals surface area contributed by atoms with E-state index < -0.39 is 6.09 Å². The minimum absolute atomic E-state index is 0.0242. The van der Waals surface area contributed by atoms with Gasteiger partial charge in [0.25, 0.3) is 5.91 Å². The molecule has 1 fully saturated rings. The van der Waals surface area contributed by atoms with E-state index in [1.54, 1.807) is 10.8 Å². The predicted molar refractivity (Wildman–Crippen MR) is 82.4 cm³/mol. The fourth-order valence-electron chi connectivity index (χ4n) is 2.87. The lowest BCUT2D eigenvalue weighted by molar-refractivity contribution is 0.0727. The molecule has 0 saturated heterocycles. The molecule has 2 heterocycles. The smallest absolute Gasteiger partial charge is 0.404 e. The molecular formula is C15H17ClFN3O3. The first kappa shape index (κ1) is 15.9. The number of carbonyl (C=O) groups is 2. The van der Waals surface area contributed by atoms with Gasteiger partial charge in [-0.1, -0.05) is 11.6 Å². The topological polar surface area (TPSA) is 74.6 Å². The molecule has 2 aliphatic rings. The molecule has 1 aliphatic carbocycles. The van der Waals surface area contributed by atoms with Gasteiger partial charge in [-0.25, -0.2) is 9.18 Å². The number of amides is 2. The largest absolute Gasteiger partial charge is 0.465 e. The molecule has 1 aromatic heterocycles. The van der Waals surface area contributed by atoms with Crippen molar-refractivity contribution in [3.05, 3.63) is 34.4 Å². The molecule has 3 rings (SSSR count). The second-order valence-corrected chi connectivity index (χ2v) is 6.20. The van der Waals surface area contributed by atoms with Crippen molar-refractivity contribution in [1.29, 1.82) is 0 Å². The van der Waals surface area contributed by atoms with Crippen LogP contribution in [0.3, 0.4) is 0 Å². The second kappa shape index (κ2) is 6.23. The molecular weight excluding hydrogens is 325 g/mol. The van der Waals surface area contributed by atoms with Gasteiger partial charge in [0.05, 0.1) is 11.9 Å². The highest BCUT2D eigenvalue weighted by molar-refractivity contribution is 6.31. The standard InChI is InChI=1S/C15H17ClFN3O3/c16-13-11-3-4-20(10-1-2-10)14(21)12(11)8-19(13)7-9(5-17)6-18-15(22)23/h5,8,10,18H,1-4,6-7H2,(H,22,23)/b9-5+. The van der Waals surface area contributed by atoms with Crippen LogP contribution in [0, 0.1) is 0 Å². The number of carboxylic acid groups (broad SMARTS) is 1. The Morgan fingerprint density at radius 3 is 2.87 bits per heavy atom. The van der Waals surface area contributed by atoms with Crippen LogP contribution in [0.4, 0.5) is 9.18 Å². The summed E-state index contributed by atoms with van der Waals surface area (Å²) in [5.41, 5.74) is 1.59. The summed E-state index contributed by atoms with van der Waals surface area (Å²) in [6, 6.07) is 0.346. The number of aromatic nitrogens is 1. The summed E-state index contributed by atoms with van der Waals surface area (Å²) in [5, 5.41) is 11.1. The van der Waals surface area contributed by atoms with E-state index in [1.807, 2.05) is 4.90 Å². The first-order valence-electron chi connectivity index (χ1n) is 7.44. The zero-order chi connectivity index (χ0) is 16.6. The van der Waals surface area contributed by atoms with Crippen molar-refractivity contribution in [2.24, 2.45) is 0 Å². The molecule has 1 saturated carbocycles. The van der Waals surface area contributed by atoms with E-state index in [1.165, 1.54) is 0 Å². The third-order valence-electron chi connectivity index (χ3n) is 4.19. The van der Waals surface area contributed by atoms with Gasteiger partial charge in [0.1, 0.15) is 5.15 Å². The zero-order valence-electron chi connectivity index (χ0n) is 12.4. The summed E-state index contributed by atoms with van der Waals surface area (Å²) >= 11 is 6.32. The third-order valence-corrected chi connectivity index (χ3v) is 4.63. The SMILES string of the molecule is O=C(O)NC/C(=C\F)Cn1cc2c(c1Cl)CCN(C1CC1)C2=O. The highest BCUT2D eigenvalue weighted by atomic mass is 35.5. The first-order valence-corrected chi connectivity index (χ1v) is 7.82. The first-order chi connectivity index (χ1) is 11.0. The molecule has 23 heavy (non-hydrogen) atoms. The normalized spacial score (nSPS) is 18.1. The van der Waals surface area contributed by atoms with Crippen LogP contribution in [-0.2, 0) is 13.0 Å². The fraction of sp³-hybridized carbons (Fsp3) is 0.467. The molecule has 0 aromatic carbocycles. The van der Waals surface area contributed by atoms with Crippen LogP contribution in [0.15, 0.2) is 18.1 Å². The summed E-state index contributed by atoms with van der Waals surface area (Å²) in [7, 11) is 0. The highest BCUT2D eigenvalue weighted by Gasteiger charge is 2.37. The van der Waals surface area contributed by atoms with Gasteiger partial charge < -0.3 is 19.9 Å². The lowest BCUT2D eigenvalue weighted by atomic mass is 10.0. The Labute approximate surface area is 137 Å². The van der Waals surface area contributed by atoms with E-state index in [0.29, 0.717) is 36.1 Å². The summed E-state index contributed by atoms with van der Waals surface area (Å²) in [4.78, 5) is 24.9. The number of nitrogens with one attached hydrogen (secondary N) is 1. The van der Waals surface area contributed by atoms with Crippen molar-refractivity contribution in [3.8, 4) is 0 Å². The van der Waals surface area contributed by atoms with Gasteiger partial charge in [-0.05, 0) is 24.8 Å². The average molecular weight is 342 g/mol. The van der Waals surface area contributed by atoms with Gasteiger partial charge >= 0.3 is 6.09 Å². The number of carbonyl (C=O) groups excluding carboxylic acids is 1. The summed E-state index contributed by atoms with van der Waals surface area (Å²) in [6.45, 7) is 0.624. The number of fused-ring (bicyclic) bond motifs is 1. The zero-order valence-corrected chi connectivity index (χ0v) is 13.1. The Morgan fingerprint density at radius 2 is 2.26 bits per heavy atom. The maximum absolute atomic E-state index is 12.9. The quantitative estimate of drug-likeness (QED) is 0.863. The van der Waals surface area contributed by atoms with E-state index in [4.69, 9.17) is 16.7 Å². The molecule has 1 aliphatic heterocycles. The van der Waals surface area contributed by atoms with E-state index in [0.717, 1.165) is 18.4 Å². The molecule has 6 nitrogen and oxygen atoms in total. The van der Waals surface area contributed by atoms with E-state index in [9.17, 15) is 14.0 Å². The molecule has 0 unspecified atom stereocenters. The Bertz CT molecular complexity index is 682. The Kier molecular flexibility index (Phi) is 4.30. The molecule has 1 aromatic rings. The highest BCUT2D eigenvalue weighted by Crippen LogP contribution is 2.34. The van der Waals surface area contributed by atoms with Crippen LogP contribution in [0.5, 0.6) is 0 Å². The number of rotatable bonds is 5. The van der Waals surface area contributed by atoms with Crippen molar-refractivity contribution in [2.45, 2.75) is 31.8 Å². The molecule has 0 bridgehead atoms. The molecule has 8 heteroatoms. The lowest BCUT2D eigenvalue weighted by Gasteiger charge is -2.26. The van der Waals surface area contributed by atoms with Crippen LogP contribution in [-0.4, -0.2) is 45.7 Å². The van der Waals surface area contributed by atoms with Gasteiger partial charge in [0, 0.05) is 37.4 Å². The van der Waals surface area contributed by atoms with Crippen LogP contribution < -0.4 is 5.32 Å². The molecule has 0 atom stereocenters. The van der Waals surface area contributed by atoms with Crippen LogP contribution >= 0.6 is 11.6 Å². The Balaban J connectivity index is 1.78. The maximum Gasteiger partial charge on any atom is 0.404 e. The number of halogens is 2. The number of hydrogen-bond acceptors (Lipinski definition) is 2. The Hall–Kier alpha value is -2.02. The van der Waals surface area contributed by atoms with E-state index >= 15 is 0 Å². The van der Waals surface area contributed by atoms with Gasteiger partial charge in [-0.2, -0.15) is 0 Å². The summed E-state index contributed by atoms with van der Waals surface area (Å²) in [5.74, 6) is -0.0242. The molecule has 2 N–H and O–H groups in total. The van der Waals surface area contributed by atoms with Crippen LogP contribution in [0.2, 0.25) is 5.15 Å². The minimum Gasteiger partial charge on any atom is -0.465 e. The second-order valence-electron chi connectivity index (χ2n) is 5.85. The monoisotopic (exact) mass is 341 g/mol. The molecule has 0 radical (unpaired) electrons. The van der Waals surface area contributed by atoms with Crippen LogP contribution in [0.1, 0.15) is 28.8 Å². The van der Waals surface area contributed by atoms with Crippen molar-refractivity contribution < 1.29 is 19.1 Å². The van der Waals surface area contributed by atoms with Crippen molar-refractivity contribution in [3.63, 3.8) is 0 Å². The minimum atomic E-state index is -1.22. The van der Waals surface area contributed by atoms with Gasteiger partial charge in [-0.15, -0.1) is 0 Å². The van der Waals surface area contributed by atoms with Crippen molar-refractivity contribution >= 4 is 23.6 Å². The average Bonchev–Trinajstić information content (AvgIpc) is 3.30. The molecule has 2 amide bonds. The fourth-order valence-corrected chi connectivity index (χ4v) is 3.18. The number of hydrogen-bond donors (Lipinski definition) is 2. The lowest BCUT2D eigenvalue weighted by Crippen LogP contribution is -2.38. The molecule has 124 valence electrons. The third kappa shape index (κ3) is 3.19. The van der Waals surface area contributed by atoms with Crippen molar-refractivity contribution in [1.82, 2.24) is 14.8 Å². The van der Waals surface area contributed by atoms with Gasteiger partial charge in [-0.3, -0.25) is 4.79 Å². The Morgan fingerprint density at radius 1 is 1.52 bits per heavy atom. The summed E-state index contributed by atoms with van der Waals surface area (Å²) < 4.78 is 14.5. The summed E-state index contributed by atoms with van der Waals surface area (Å²) in [6.07, 6.45) is 3.56. The van der Waals surface area contributed by atoms with Gasteiger partial charge in [0.15, 0.2) is 0 Å².